The van der Waals surface area contributed by atoms with Crippen LogP contribution in [0.2, 0.25) is 0 Å². The smallest absolute Gasteiger partial charge is 0.332 e. The molecule has 0 saturated heterocycles. The van der Waals surface area contributed by atoms with Gasteiger partial charge in [-0.25, -0.2) is 27.9 Å². The van der Waals surface area contributed by atoms with Crippen LogP contribution in [0.5, 0.6) is 5.75 Å². The maximum absolute atomic E-state index is 12.6. The fraction of sp³-hybridized carbons (Fsp3) is 0.174. The van der Waals surface area contributed by atoms with Gasteiger partial charge in [0, 0.05) is 24.8 Å². The van der Waals surface area contributed by atoms with Gasteiger partial charge < -0.3 is 20.7 Å². The maximum atomic E-state index is 12.6. The van der Waals surface area contributed by atoms with Gasteiger partial charge in [0.05, 0.1) is 13.4 Å². The number of rotatable bonds is 9. The van der Waals surface area contributed by atoms with E-state index in [1.165, 1.54) is 6.07 Å². The summed E-state index contributed by atoms with van der Waals surface area (Å²) in [6.45, 7) is 0.331. The van der Waals surface area contributed by atoms with E-state index in [1.807, 2.05) is 12.1 Å². The molecule has 0 saturated carbocycles. The zero-order valence-corrected chi connectivity index (χ0v) is 20.3. The number of aromatic nitrogens is 2. The molecule has 1 heterocycles. The molecule has 0 spiro atoms. The molecule has 13 heteroatoms. The molecule has 0 aliphatic carbocycles. The minimum atomic E-state index is -3.70. The third kappa shape index (κ3) is 8.06. The Balaban J connectivity index is 1.57. The number of methoxy groups -OCH3 is 1. The van der Waals surface area contributed by atoms with E-state index in [0.717, 1.165) is 18.1 Å². The van der Waals surface area contributed by atoms with Gasteiger partial charge in [0.1, 0.15) is 23.5 Å². The average Bonchev–Trinajstić information content (AvgIpc) is 2.85. The first kappa shape index (κ1) is 26.1. The lowest BCUT2D eigenvalue weighted by Gasteiger charge is -2.09. The van der Waals surface area contributed by atoms with Gasteiger partial charge in [-0.15, -0.1) is 0 Å². The van der Waals surface area contributed by atoms with Crippen LogP contribution in [0.1, 0.15) is 32.1 Å². The highest BCUT2D eigenvalue weighted by molar-refractivity contribution is 7.89. The molecule has 1 aromatic heterocycles. The maximum Gasteiger partial charge on any atom is 0.332 e. The van der Waals surface area contributed by atoms with E-state index >= 15 is 0 Å². The summed E-state index contributed by atoms with van der Waals surface area (Å²) < 4.78 is 29.2. The van der Waals surface area contributed by atoms with Gasteiger partial charge in [0.15, 0.2) is 0 Å². The Kier molecular flexibility index (Phi) is 8.52. The highest BCUT2D eigenvalue weighted by Gasteiger charge is 2.14. The van der Waals surface area contributed by atoms with E-state index in [2.05, 4.69) is 25.9 Å². The summed E-state index contributed by atoms with van der Waals surface area (Å²) in [6, 6.07) is 14.1. The Hall–Kier alpha value is -4.52. The molecule has 0 aliphatic heterocycles. The van der Waals surface area contributed by atoms with Gasteiger partial charge in [-0.1, -0.05) is 24.3 Å². The Bertz CT molecular complexity index is 1380. The second-order valence-electron chi connectivity index (χ2n) is 7.53. The molecule has 0 atom stereocenters. The lowest BCUT2D eigenvalue weighted by Crippen LogP contribution is -2.33. The predicted molar refractivity (Wildman–Crippen MR) is 131 cm³/mol. The van der Waals surface area contributed by atoms with E-state index < -0.39 is 27.9 Å². The molecule has 12 nitrogen and oxygen atoms in total. The number of ether oxygens (including phenoxy) is 1. The number of nitrogens with zero attached hydrogens (tertiary/aromatic N) is 2. The van der Waals surface area contributed by atoms with Crippen LogP contribution in [0.4, 0.5) is 10.5 Å². The zero-order valence-electron chi connectivity index (χ0n) is 19.4. The van der Waals surface area contributed by atoms with Crippen molar-refractivity contribution >= 4 is 33.6 Å². The Morgan fingerprint density at radius 2 is 1.44 bits per heavy atom. The fourth-order valence-electron chi connectivity index (χ4n) is 3.02. The third-order valence-corrected chi connectivity index (χ3v) is 5.19. The SMILES string of the molecule is COc1cccc(CNC(=O)c2cc(C(=O)NCc3cccc(NC(=O)NS(C)(=O)=O)c3)ncn2)c1. The van der Waals surface area contributed by atoms with E-state index in [0.29, 0.717) is 17.0 Å². The third-order valence-electron chi connectivity index (χ3n) is 4.64. The lowest BCUT2D eigenvalue weighted by atomic mass is 10.2. The van der Waals surface area contributed by atoms with Crippen molar-refractivity contribution < 1.29 is 27.5 Å². The molecule has 0 radical (unpaired) electrons. The van der Waals surface area contributed by atoms with Gasteiger partial charge in [0.2, 0.25) is 10.0 Å². The second-order valence-corrected chi connectivity index (χ2v) is 9.28. The molecular weight excluding hydrogens is 488 g/mol. The summed E-state index contributed by atoms with van der Waals surface area (Å²) in [5.41, 5.74) is 1.82. The highest BCUT2D eigenvalue weighted by atomic mass is 32.2. The number of amides is 4. The molecule has 0 fully saturated rings. The molecule has 36 heavy (non-hydrogen) atoms. The Labute approximate surface area is 207 Å². The summed E-state index contributed by atoms with van der Waals surface area (Å²) in [7, 11) is -2.15. The zero-order chi connectivity index (χ0) is 26.1. The van der Waals surface area contributed by atoms with Crippen LogP contribution in [-0.4, -0.2) is 49.6 Å². The van der Waals surface area contributed by atoms with Crippen LogP contribution in [0.25, 0.3) is 0 Å². The van der Waals surface area contributed by atoms with Crippen LogP contribution in [0, 0.1) is 0 Å². The van der Waals surface area contributed by atoms with Crippen molar-refractivity contribution in [2.24, 2.45) is 0 Å². The van der Waals surface area contributed by atoms with Crippen LogP contribution in [0.15, 0.2) is 60.9 Å². The van der Waals surface area contributed by atoms with E-state index in [1.54, 1.807) is 48.2 Å². The molecule has 4 N–H and O–H groups in total. The van der Waals surface area contributed by atoms with E-state index in [9.17, 15) is 22.8 Å². The molecule has 0 unspecified atom stereocenters. The van der Waals surface area contributed by atoms with Crippen molar-refractivity contribution in [2.75, 3.05) is 18.7 Å². The van der Waals surface area contributed by atoms with E-state index in [4.69, 9.17) is 4.74 Å². The first-order valence-electron chi connectivity index (χ1n) is 10.5. The minimum absolute atomic E-state index is 0.00154. The first-order chi connectivity index (χ1) is 17.1. The van der Waals surface area contributed by atoms with Gasteiger partial charge in [0.25, 0.3) is 11.8 Å². The predicted octanol–water partition coefficient (Wildman–Crippen LogP) is 1.43. The summed E-state index contributed by atoms with van der Waals surface area (Å²) in [5.74, 6) is -0.339. The quantitative estimate of drug-likeness (QED) is 0.334. The number of nitrogens with one attached hydrogen (secondary N) is 4. The first-order valence-corrected chi connectivity index (χ1v) is 12.4. The number of anilines is 1. The number of sulfonamides is 1. The molecule has 4 amide bonds. The molecule has 188 valence electrons. The van der Waals surface area contributed by atoms with Crippen molar-refractivity contribution in [3.63, 3.8) is 0 Å². The largest absolute Gasteiger partial charge is 0.497 e. The van der Waals surface area contributed by atoms with Crippen LogP contribution in [-0.2, 0) is 23.1 Å². The normalized spacial score (nSPS) is 10.7. The minimum Gasteiger partial charge on any atom is -0.497 e. The number of benzene rings is 2. The van der Waals surface area contributed by atoms with Crippen molar-refractivity contribution in [3.05, 3.63) is 83.4 Å². The Morgan fingerprint density at radius 1 is 0.861 bits per heavy atom. The number of carbonyl (C=O) groups excluding carboxylic acids is 3. The van der Waals surface area contributed by atoms with Gasteiger partial charge in [-0.3, -0.25) is 9.59 Å². The molecule has 2 aromatic carbocycles. The molecule has 3 rings (SSSR count). The van der Waals surface area contributed by atoms with Gasteiger partial charge in [-0.2, -0.15) is 0 Å². The summed E-state index contributed by atoms with van der Waals surface area (Å²) in [5, 5.41) is 7.80. The standard InChI is InChI=1S/C23H24N6O6S/c1-35-18-8-4-6-16(10-18)13-25-22(31)20-11-19(26-14-27-20)21(30)24-12-15-5-3-7-17(9-15)28-23(32)29-36(2,33)34/h3-11,14H,12-13H2,1-2H3,(H,24,30)(H,25,31)(H2,28,29,32). The van der Waals surface area contributed by atoms with Gasteiger partial charge in [-0.05, 0) is 35.4 Å². The number of hydrogen-bond donors (Lipinski definition) is 4. The summed E-state index contributed by atoms with van der Waals surface area (Å²) in [4.78, 5) is 44.6. The Morgan fingerprint density at radius 3 is 2.03 bits per heavy atom. The number of carbonyl (C=O) groups is 3. The number of urea groups is 1. The van der Waals surface area contributed by atoms with Gasteiger partial charge >= 0.3 is 6.03 Å². The molecule has 0 bridgehead atoms. The van der Waals surface area contributed by atoms with Crippen molar-refractivity contribution in [2.45, 2.75) is 13.1 Å². The highest BCUT2D eigenvalue weighted by Crippen LogP contribution is 2.13. The average molecular weight is 513 g/mol. The van der Waals surface area contributed by atoms with Crippen LogP contribution >= 0.6 is 0 Å². The van der Waals surface area contributed by atoms with Crippen LogP contribution in [0.3, 0.4) is 0 Å². The second kappa shape index (κ2) is 11.8. The van der Waals surface area contributed by atoms with Crippen molar-refractivity contribution in [1.29, 1.82) is 0 Å². The van der Waals surface area contributed by atoms with Crippen molar-refractivity contribution in [1.82, 2.24) is 25.3 Å². The summed E-state index contributed by atoms with van der Waals surface area (Å²) >= 11 is 0. The number of hydrogen-bond acceptors (Lipinski definition) is 8. The molecular formula is C23H24N6O6S. The topological polar surface area (TPSA) is 168 Å². The van der Waals surface area contributed by atoms with Crippen molar-refractivity contribution in [3.8, 4) is 5.75 Å². The lowest BCUT2D eigenvalue weighted by molar-refractivity contribution is 0.0944. The van der Waals surface area contributed by atoms with Crippen LogP contribution < -0.4 is 25.4 Å². The van der Waals surface area contributed by atoms with E-state index in [-0.39, 0.29) is 24.5 Å². The monoisotopic (exact) mass is 512 g/mol. The molecule has 3 aromatic rings. The fourth-order valence-corrected chi connectivity index (χ4v) is 3.41. The molecule has 0 aliphatic rings. The summed E-state index contributed by atoms with van der Waals surface area (Å²) in [6.07, 6.45) is 1.99.